The highest BCUT2D eigenvalue weighted by Gasteiger charge is 2.40. The van der Waals surface area contributed by atoms with Crippen molar-refractivity contribution in [2.75, 3.05) is 18.8 Å². The minimum atomic E-state index is -3.25. The number of carbonyl (C=O) groups excluding carboxylic acids is 1. The molecule has 0 radical (unpaired) electrons. The topological polar surface area (TPSA) is 96.0 Å². The number of piperidine rings is 1. The summed E-state index contributed by atoms with van der Waals surface area (Å²) in [7, 11) is -3.25. The Bertz CT molecular complexity index is 886. The van der Waals surface area contributed by atoms with Crippen LogP contribution in [0.5, 0.6) is 0 Å². The van der Waals surface area contributed by atoms with E-state index in [1.807, 2.05) is 30.3 Å². The lowest BCUT2D eigenvalue weighted by Crippen LogP contribution is -2.45. The molecule has 0 aliphatic carbocycles. The second-order valence-corrected chi connectivity index (χ2v) is 9.31. The van der Waals surface area contributed by atoms with Gasteiger partial charge in [-0.25, -0.2) is 13.4 Å². The first-order valence-corrected chi connectivity index (χ1v) is 10.7. The molecule has 1 aromatic carbocycles. The fourth-order valence-corrected chi connectivity index (χ4v) is 5.65. The van der Waals surface area contributed by atoms with Crippen molar-refractivity contribution in [3.05, 3.63) is 36.2 Å². The summed E-state index contributed by atoms with van der Waals surface area (Å²) in [4.78, 5) is 18.9. The van der Waals surface area contributed by atoms with Crippen LogP contribution in [0, 0.1) is 0 Å². The Morgan fingerprint density at radius 3 is 2.50 bits per heavy atom. The van der Waals surface area contributed by atoms with Gasteiger partial charge in [0, 0.05) is 24.6 Å². The molecule has 0 saturated carbocycles. The standard InChI is InChI=1S/C18H22N4O3S/c23-18(15-7-4-12-26(15,24)25)22-10-8-14(9-11-22)17-19-16(20-21-17)13-5-2-1-3-6-13/h1-3,5-6,14-15H,4,7-12H2,(H,19,20,21). The number of benzene rings is 1. The van der Waals surface area contributed by atoms with Crippen LogP contribution in [0.15, 0.2) is 30.3 Å². The van der Waals surface area contributed by atoms with Gasteiger partial charge in [0.1, 0.15) is 11.1 Å². The molecule has 0 bridgehead atoms. The number of likely N-dealkylation sites (tertiary alicyclic amines) is 1. The first kappa shape index (κ1) is 17.2. The predicted octanol–water partition coefficient (Wildman–Crippen LogP) is 1.75. The van der Waals surface area contributed by atoms with Crippen molar-refractivity contribution in [3.63, 3.8) is 0 Å². The lowest BCUT2D eigenvalue weighted by Gasteiger charge is -2.32. The fourth-order valence-electron chi connectivity index (χ4n) is 3.82. The fraction of sp³-hybridized carbons (Fsp3) is 0.500. The summed E-state index contributed by atoms with van der Waals surface area (Å²) >= 11 is 0. The van der Waals surface area contributed by atoms with E-state index in [2.05, 4.69) is 15.2 Å². The molecule has 1 aromatic heterocycles. The van der Waals surface area contributed by atoms with Crippen LogP contribution in [0.2, 0.25) is 0 Å². The smallest absolute Gasteiger partial charge is 0.240 e. The van der Waals surface area contributed by atoms with Crippen molar-refractivity contribution < 1.29 is 13.2 Å². The highest BCUT2D eigenvalue weighted by molar-refractivity contribution is 7.93. The number of sulfone groups is 1. The van der Waals surface area contributed by atoms with Gasteiger partial charge >= 0.3 is 0 Å². The second kappa shape index (κ2) is 6.83. The Kier molecular flexibility index (Phi) is 4.52. The summed E-state index contributed by atoms with van der Waals surface area (Å²) in [6, 6.07) is 9.79. The van der Waals surface area contributed by atoms with E-state index in [-0.39, 0.29) is 17.6 Å². The Hall–Kier alpha value is -2.22. The molecule has 138 valence electrons. The first-order valence-electron chi connectivity index (χ1n) is 9.03. The number of amides is 1. The van der Waals surface area contributed by atoms with Crippen molar-refractivity contribution in [2.45, 2.75) is 36.9 Å². The largest absolute Gasteiger partial charge is 0.342 e. The Balaban J connectivity index is 1.40. The zero-order chi connectivity index (χ0) is 18.1. The van der Waals surface area contributed by atoms with Gasteiger partial charge in [-0.1, -0.05) is 30.3 Å². The number of nitrogens with one attached hydrogen (secondary N) is 1. The molecule has 2 saturated heterocycles. The van der Waals surface area contributed by atoms with E-state index in [9.17, 15) is 13.2 Å². The molecule has 7 nitrogen and oxygen atoms in total. The van der Waals surface area contributed by atoms with E-state index >= 15 is 0 Å². The average molecular weight is 374 g/mol. The average Bonchev–Trinajstić information content (AvgIpc) is 3.28. The van der Waals surface area contributed by atoms with E-state index in [4.69, 9.17) is 0 Å². The predicted molar refractivity (Wildman–Crippen MR) is 97.2 cm³/mol. The van der Waals surface area contributed by atoms with Gasteiger partial charge in [-0.05, 0) is 25.7 Å². The normalized spacial score (nSPS) is 23.2. The maximum atomic E-state index is 12.6. The number of hydrogen-bond donors (Lipinski definition) is 1. The van der Waals surface area contributed by atoms with E-state index in [1.54, 1.807) is 4.90 Å². The number of rotatable bonds is 3. The minimum Gasteiger partial charge on any atom is -0.342 e. The maximum absolute atomic E-state index is 12.6. The number of nitrogens with zero attached hydrogens (tertiary/aromatic N) is 3. The monoisotopic (exact) mass is 374 g/mol. The molecule has 1 N–H and O–H groups in total. The van der Waals surface area contributed by atoms with E-state index in [0.717, 1.165) is 24.2 Å². The molecule has 1 atom stereocenters. The van der Waals surface area contributed by atoms with Gasteiger partial charge in [-0.3, -0.25) is 9.89 Å². The maximum Gasteiger partial charge on any atom is 0.240 e. The van der Waals surface area contributed by atoms with Crippen molar-refractivity contribution >= 4 is 15.7 Å². The third-order valence-corrected chi connectivity index (χ3v) is 7.49. The quantitative estimate of drug-likeness (QED) is 0.883. The Labute approximate surface area is 152 Å². The molecule has 3 heterocycles. The van der Waals surface area contributed by atoms with Crippen LogP contribution < -0.4 is 0 Å². The van der Waals surface area contributed by atoms with Gasteiger partial charge in [-0.2, -0.15) is 5.10 Å². The number of hydrogen-bond acceptors (Lipinski definition) is 5. The van der Waals surface area contributed by atoms with Gasteiger partial charge < -0.3 is 4.90 Å². The van der Waals surface area contributed by atoms with Crippen molar-refractivity contribution in [2.24, 2.45) is 0 Å². The van der Waals surface area contributed by atoms with Gasteiger partial charge in [0.15, 0.2) is 15.7 Å². The molecule has 2 fully saturated rings. The molecule has 2 aromatic rings. The molecular weight excluding hydrogens is 352 g/mol. The van der Waals surface area contributed by atoms with Gasteiger partial charge in [-0.15, -0.1) is 0 Å². The highest BCUT2D eigenvalue weighted by Crippen LogP contribution is 2.29. The third kappa shape index (κ3) is 3.25. The van der Waals surface area contributed by atoms with Gasteiger partial charge in [0.05, 0.1) is 5.75 Å². The van der Waals surface area contributed by atoms with Gasteiger partial charge in [0.2, 0.25) is 5.91 Å². The van der Waals surface area contributed by atoms with Crippen molar-refractivity contribution in [1.29, 1.82) is 0 Å². The molecule has 4 rings (SSSR count). The molecule has 1 amide bonds. The molecule has 2 aliphatic rings. The van der Waals surface area contributed by atoms with E-state index < -0.39 is 15.1 Å². The van der Waals surface area contributed by atoms with Crippen molar-refractivity contribution in [1.82, 2.24) is 20.1 Å². The second-order valence-electron chi connectivity index (χ2n) is 7.01. The van der Waals surface area contributed by atoms with Crippen LogP contribution in [0.4, 0.5) is 0 Å². The lowest BCUT2D eigenvalue weighted by atomic mass is 9.96. The van der Waals surface area contributed by atoms with Crippen LogP contribution in [0.1, 0.15) is 37.4 Å². The third-order valence-electron chi connectivity index (χ3n) is 5.33. The molecular formula is C18H22N4O3S. The molecule has 0 spiro atoms. The van der Waals surface area contributed by atoms with Crippen LogP contribution in [0.25, 0.3) is 11.4 Å². The molecule has 26 heavy (non-hydrogen) atoms. The van der Waals surface area contributed by atoms with E-state index in [0.29, 0.717) is 31.8 Å². The minimum absolute atomic E-state index is 0.139. The number of aromatic nitrogens is 3. The summed E-state index contributed by atoms with van der Waals surface area (Å²) in [5, 5.41) is 6.50. The summed E-state index contributed by atoms with van der Waals surface area (Å²) in [6.45, 7) is 1.13. The van der Waals surface area contributed by atoms with Crippen LogP contribution in [0.3, 0.4) is 0 Å². The molecule has 8 heteroatoms. The number of aromatic amines is 1. The zero-order valence-corrected chi connectivity index (χ0v) is 15.3. The molecule has 1 unspecified atom stereocenters. The van der Waals surface area contributed by atoms with Gasteiger partial charge in [0.25, 0.3) is 0 Å². The highest BCUT2D eigenvalue weighted by atomic mass is 32.2. The van der Waals surface area contributed by atoms with Crippen LogP contribution in [-0.2, 0) is 14.6 Å². The number of H-pyrrole nitrogens is 1. The lowest BCUT2D eigenvalue weighted by molar-refractivity contribution is -0.131. The van der Waals surface area contributed by atoms with Crippen LogP contribution in [-0.4, -0.2) is 58.5 Å². The van der Waals surface area contributed by atoms with E-state index in [1.165, 1.54) is 0 Å². The first-order chi connectivity index (χ1) is 12.5. The Morgan fingerprint density at radius 1 is 1.12 bits per heavy atom. The summed E-state index contributed by atoms with van der Waals surface area (Å²) in [6.07, 6.45) is 2.59. The van der Waals surface area contributed by atoms with Crippen molar-refractivity contribution in [3.8, 4) is 11.4 Å². The van der Waals surface area contributed by atoms with Crippen LogP contribution >= 0.6 is 0 Å². The zero-order valence-electron chi connectivity index (χ0n) is 14.5. The summed E-state index contributed by atoms with van der Waals surface area (Å²) in [5.74, 6) is 1.65. The number of carbonyl (C=O) groups is 1. The summed E-state index contributed by atoms with van der Waals surface area (Å²) < 4.78 is 24.0. The Morgan fingerprint density at radius 2 is 1.85 bits per heavy atom. The molecule has 2 aliphatic heterocycles. The summed E-state index contributed by atoms with van der Waals surface area (Å²) in [5.41, 5.74) is 0.967. The SMILES string of the molecule is O=C(C1CCCS1(=O)=O)N1CCC(c2nc(-c3ccccc3)n[nH]2)CC1.